The highest BCUT2D eigenvalue weighted by Crippen LogP contribution is 2.49. The molecule has 1 heterocycles. The Morgan fingerprint density at radius 3 is 2.46 bits per heavy atom. The van der Waals surface area contributed by atoms with Gasteiger partial charge in [0.05, 0.1) is 7.11 Å². The molecule has 0 bridgehead atoms. The number of hydrogen-bond donors (Lipinski definition) is 0. The Morgan fingerprint density at radius 2 is 1.77 bits per heavy atom. The molecule has 4 rings (SSSR count). The van der Waals surface area contributed by atoms with E-state index in [2.05, 4.69) is 97.9 Å². The van der Waals surface area contributed by atoms with Crippen molar-refractivity contribution in [2.24, 2.45) is 5.92 Å². The molecule has 0 spiro atoms. The average molecular weight is 490 g/mol. The molecule has 0 radical (unpaired) electrons. The highest BCUT2D eigenvalue weighted by molar-refractivity contribution is 7.80. The van der Waals surface area contributed by atoms with Crippen LogP contribution in [0.1, 0.15) is 50.3 Å². The number of benzene rings is 2. The lowest BCUT2D eigenvalue weighted by Gasteiger charge is -2.37. The van der Waals surface area contributed by atoms with Crippen LogP contribution in [0.25, 0.3) is 0 Å². The van der Waals surface area contributed by atoms with E-state index in [1.165, 1.54) is 28.1 Å². The molecular formula is C30H37N2O2S+. The van der Waals surface area contributed by atoms with Gasteiger partial charge in [-0.25, -0.2) is 4.58 Å². The number of hydrogen-bond acceptors (Lipinski definition) is 4. The van der Waals surface area contributed by atoms with Crippen LogP contribution < -0.4 is 9.64 Å². The Kier molecular flexibility index (Phi) is 8.07. The lowest BCUT2D eigenvalue weighted by Crippen LogP contribution is -2.30. The average Bonchev–Trinajstić information content (AvgIpc) is 2.89. The monoisotopic (exact) mass is 489 g/mol. The Bertz CT molecular complexity index is 1170. The summed E-state index contributed by atoms with van der Waals surface area (Å²) in [5.74, 6) is 2.22. The zero-order chi connectivity index (χ0) is 24.9. The molecule has 35 heavy (non-hydrogen) atoms. The zero-order valence-electron chi connectivity index (χ0n) is 21.6. The molecule has 0 fully saturated rings. The maximum atomic E-state index is 6.66. The SMILES string of the molecule is CCN(CC)c1ccc2c(c1)OC1=CC(=[N+](CC)CC)C=CC1C2c1ccccc1CC(=S)OC. The summed E-state index contributed by atoms with van der Waals surface area (Å²) in [6.07, 6.45) is 7.44. The summed E-state index contributed by atoms with van der Waals surface area (Å²) >= 11 is 5.45. The van der Waals surface area contributed by atoms with Crippen molar-refractivity contribution < 1.29 is 14.0 Å². The van der Waals surface area contributed by atoms with Crippen molar-refractivity contribution in [1.29, 1.82) is 0 Å². The normalized spacial score (nSPS) is 18.2. The summed E-state index contributed by atoms with van der Waals surface area (Å²) in [5, 5.41) is 0.605. The summed E-state index contributed by atoms with van der Waals surface area (Å²) in [6.45, 7) is 12.6. The molecule has 4 nitrogen and oxygen atoms in total. The number of thiocarbonyl (C=S) groups is 1. The van der Waals surface area contributed by atoms with Crippen molar-refractivity contribution in [2.45, 2.75) is 40.0 Å². The van der Waals surface area contributed by atoms with Crippen LogP contribution in [0.3, 0.4) is 0 Å². The summed E-state index contributed by atoms with van der Waals surface area (Å²) in [4.78, 5) is 2.36. The van der Waals surface area contributed by atoms with Gasteiger partial charge < -0.3 is 14.4 Å². The van der Waals surface area contributed by atoms with Crippen LogP contribution >= 0.6 is 12.2 Å². The predicted molar refractivity (Wildman–Crippen MR) is 149 cm³/mol. The first-order valence-electron chi connectivity index (χ1n) is 12.8. The van der Waals surface area contributed by atoms with Crippen LogP contribution in [0.2, 0.25) is 0 Å². The minimum absolute atomic E-state index is 0.124. The van der Waals surface area contributed by atoms with Gasteiger partial charge in [0.1, 0.15) is 24.6 Å². The second-order valence-electron chi connectivity index (χ2n) is 8.95. The molecule has 2 unspecified atom stereocenters. The van der Waals surface area contributed by atoms with Gasteiger partial charge in [-0.15, -0.1) is 0 Å². The minimum atomic E-state index is 0.124. The van der Waals surface area contributed by atoms with Crippen LogP contribution in [0.4, 0.5) is 5.69 Å². The molecular weight excluding hydrogens is 452 g/mol. The molecule has 2 aromatic rings. The number of allylic oxidation sites excluding steroid dienone is 3. The quantitative estimate of drug-likeness (QED) is 0.329. The second-order valence-corrected chi connectivity index (χ2v) is 9.41. The summed E-state index contributed by atoms with van der Waals surface area (Å²) in [6, 6.07) is 15.3. The first-order valence-corrected chi connectivity index (χ1v) is 13.2. The van der Waals surface area contributed by atoms with Crippen molar-refractivity contribution in [1.82, 2.24) is 0 Å². The van der Waals surface area contributed by atoms with E-state index in [-0.39, 0.29) is 11.8 Å². The standard InChI is InChI=1S/C30H37N2O2S/c1-6-31(7-2)22-14-16-25-27(19-22)34-28-20-23(32(8-3)9-4)15-17-26(28)30(25)24-13-11-10-12-21(24)18-29(35)33-5/h10-17,19-20,25,30H,6-9,18H2,1-5H3/q+1. The van der Waals surface area contributed by atoms with E-state index in [1.54, 1.807) is 7.11 Å². The molecule has 184 valence electrons. The molecule has 0 aromatic heterocycles. The van der Waals surface area contributed by atoms with Gasteiger partial charge in [-0.1, -0.05) is 36.4 Å². The van der Waals surface area contributed by atoms with Crippen molar-refractivity contribution in [3.8, 4) is 5.75 Å². The number of ether oxygens (including phenoxy) is 2. The number of anilines is 1. The second kappa shape index (κ2) is 11.2. The van der Waals surface area contributed by atoms with Gasteiger partial charge in [-0.05, 0) is 57.1 Å². The first-order chi connectivity index (χ1) is 17.0. The maximum absolute atomic E-state index is 6.66. The third-order valence-corrected chi connectivity index (χ3v) is 7.53. The number of nitrogens with zero attached hydrogens (tertiary/aromatic N) is 2. The van der Waals surface area contributed by atoms with Crippen LogP contribution in [-0.2, 0) is 11.2 Å². The van der Waals surface area contributed by atoms with Crippen LogP contribution in [0.15, 0.2) is 66.5 Å². The lowest BCUT2D eigenvalue weighted by atomic mass is 9.74. The molecule has 0 saturated heterocycles. The number of methoxy groups -OCH3 is 1. The number of fused-ring (bicyclic) bond motifs is 2. The molecule has 0 N–H and O–H groups in total. The minimum Gasteiger partial charge on any atom is -0.490 e. The van der Waals surface area contributed by atoms with E-state index >= 15 is 0 Å². The Labute approximate surface area is 215 Å². The summed E-state index contributed by atoms with van der Waals surface area (Å²) < 4.78 is 14.4. The molecule has 1 aliphatic heterocycles. The highest BCUT2D eigenvalue weighted by atomic mass is 32.1. The van der Waals surface area contributed by atoms with Gasteiger partial charge in [0.25, 0.3) is 0 Å². The highest BCUT2D eigenvalue weighted by Gasteiger charge is 2.38. The van der Waals surface area contributed by atoms with Crippen LogP contribution in [0.5, 0.6) is 5.75 Å². The van der Waals surface area contributed by atoms with Gasteiger partial charge in [0.2, 0.25) is 5.71 Å². The van der Waals surface area contributed by atoms with E-state index in [1.807, 2.05) is 0 Å². The smallest absolute Gasteiger partial charge is 0.202 e. The Morgan fingerprint density at radius 1 is 1.03 bits per heavy atom. The van der Waals surface area contributed by atoms with Crippen molar-refractivity contribution in [3.63, 3.8) is 0 Å². The zero-order valence-corrected chi connectivity index (χ0v) is 22.4. The fourth-order valence-electron chi connectivity index (χ4n) is 5.31. The molecule has 0 amide bonds. The molecule has 5 heteroatoms. The topological polar surface area (TPSA) is 24.7 Å². The summed E-state index contributed by atoms with van der Waals surface area (Å²) in [7, 11) is 1.65. The van der Waals surface area contributed by atoms with Gasteiger partial charge in [0.15, 0.2) is 5.05 Å². The van der Waals surface area contributed by atoms with Crippen molar-refractivity contribution >= 4 is 28.7 Å². The third kappa shape index (κ3) is 5.06. The molecule has 1 aliphatic carbocycles. The van der Waals surface area contributed by atoms with Gasteiger partial charge in [0, 0.05) is 60.8 Å². The predicted octanol–water partition coefficient (Wildman–Crippen LogP) is 6.14. The van der Waals surface area contributed by atoms with E-state index in [0.29, 0.717) is 11.5 Å². The largest absolute Gasteiger partial charge is 0.490 e. The number of rotatable bonds is 8. The van der Waals surface area contributed by atoms with Gasteiger partial charge in [-0.3, -0.25) is 0 Å². The molecule has 2 aromatic carbocycles. The summed E-state index contributed by atoms with van der Waals surface area (Å²) in [5.41, 5.74) is 6.10. The Hall–Kier alpha value is -2.92. The fourth-order valence-corrected chi connectivity index (χ4v) is 5.46. The van der Waals surface area contributed by atoms with Crippen LogP contribution in [-0.4, -0.2) is 48.6 Å². The van der Waals surface area contributed by atoms with E-state index in [0.717, 1.165) is 37.7 Å². The Balaban J connectivity index is 1.88. The fraction of sp³-hybridized carbons (Fsp3) is 0.400. The van der Waals surface area contributed by atoms with Gasteiger partial charge >= 0.3 is 0 Å². The molecule has 2 atom stereocenters. The third-order valence-electron chi connectivity index (χ3n) is 7.22. The molecule has 2 aliphatic rings. The van der Waals surface area contributed by atoms with Crippen molar-refractivity contribution in [2.75, 3.05) is 38.2 Å². The molecule has 0 saturated carbocycles. The van der Waals surface area contributed by atoms with Gasteiger partial charge in [-0.2, -0.15) is 0 Å². The van der Waals surface area contributed by atoms with E-state index in [9.17, 15) is 0 Å². The van der Waals surface area contributed by atoms with E-state index in [4.69, 9.17) is 21.7 Å². The van der Waals surface area contributed by atoms with E-state index < -0.39 is 0 Å². The lowest BCUT2D eigenvalue weighted by molar-refractivity contribution is -0.519. The first kappa shape index (κ1) is 25.2. The maximum Gasteiger partial charge on any atom is 0.202 e. The van der Waals surface area contributed by atoms with Crippen LogP contribution in [0, 0.1) is 5.92 Å². The van der Waals surface area contributed by atoms with Crippen molar-refractivity contribution in [3.05, 3.63) is 83.1 Å².